The average Bonchev–Trinajstić information content (AvgIpc) is 3.39. The Kier molecular flexibility index (Phi) is 14.4. The van der Waals surface area contributed by atoms with Crippen LogP contribution in [-0.4, -0.2) is 50.6 Å². The zero-order valence-corrected chi connectivity index (χ0v) is 35.4. The summed E-state index contributed by atoms with van der Waals surface area (Å²) in [4.78, 5) is 0. The van der Waals surface area contributed by atoms with E-state index in [1.165, 1.54) is 43.0 Å². The predicted molar refractivity (Wildman–Crippen MR) is 213 cm³/mol. The fraction of sp³-hybridized carbons (Fsp3) is 0.756. The predicted octanol–water partition coefficient (Wildman–Crippen LogP) is 12.3. The Morgan fingerprint density at radius 3 is 2.30 bits per heavy atom. The van der Waals surface area contributed by atoms with Crippen LogP contribution in [0.4, 0.5) is 0 Å². The molecule has 47 heavy (non-hydrogen) atoms. The average molecular weight is 701 g/mol. The highest BCUT2D eigenvalue weighted by molar-refractivity contribution is 8.00. The molecule has 0 aromatic heterocycles. The van der Waals surface area contributed by atoms with Crippen LogP contribution in [0.3, 0.4) is 0 Å². The first-order valence-electron chi connectivity index (χ1n) is 19.1. The van der Waals surface area contributed by atoms with E-state index >= 15 is 0 Å². The van der Waals surface area contributed by atoms with Crippen molar-refractivity contribution >= 4 is 28.4 Å². The lowest BCUT2D eigenvalue weighted by Gasteiger charge is -2.43. The molecule has 3 rings (SSSR count). The molecule has 0 aromatic carbocycles. The first kappa shape index (κ1) is 40.8. The number of allylic oxidation sites excluding steroid dienone is 4. The molecule has 2 fully saturated rings. The number of hydrogen-bond donors (Lipinski definition) is 1. The largest absolute Gasteiger partial charge is 0.410 e. The topological polar surface area (TPSA) is 38.7 Å². The highest BCUT2D eigenvalue weighted by Crippen LogP contribution is 2.57. The summed E-state index contributed by atoms with van der Waals surface area (Å²) in [7, 11) is -3.65. The van der Waals surface area contributed by atoms with Crippen molar-refractivity contribution in [1.29, 1.82) is 0 Å². The van der Waals surface area contributed by atoms with E-state index < -0.39 is 16.6 Å². The van der Waals surface area contributed by atoms with Gasteiger partial charge in [0.15, 0.2) is 16.6 Å². The Bertz CT molecular complexity index is 1180. The minimum absolute atomic E-state index is 0.0893. The second kappa shape index (κ2) is 16.6. The van der Waals surface area contributed by atoms with E-state index in [0.717, 1.165) is 30.6 Å². The smallest absolute Gasteiger partial charge is 0.193 e. The first-order chi connectivity index (χ1) is 22.0. The molecule has 0 bridgehead atoms. The number of thioether (sulfide) groups is 1. The molecule has 268 valence electrons. The molecule has 0 saturated heterocycles. The maximum Gasteiger partial charge on any atom is 0.193 e. The minimum Gasteiger partial charge on any atom is -0.410 e. The molecular weight excluding hydrogens is 629 g/mol. The van der Waals surface area contributed by atoms with E-state index in [2.05, 4.69) is 131 Å². The molecule has 3 aliphatic carbocycles. The Balaban J connectivity index is 1.70. The second-order valence-corrected chi connectivity index (χ2v) is 27.5. The number of rotatable bonds is 15. The standard InChI is InChI=1S/C41H72O3SSi2/c1-14-41(15-2,44-47(16-3,17-4)18-5)27-20-28-45-32(7)36-24-25-37-33(21-19-26-40(36,37)11)22-23-34-29-35(42)30-38(31(34)6)43-46(12,13)39(8,9)10/h20,22-24,27,32,35,37-38,42H,6,14-19,21,25-26,28-30H2,1-5,7-13H3/b27-20-,33-22?,34-23?/t32-,35+,37-,38-,40+/m0/s1. The molecule has 0 radical (unpaired) electrons. The molecule has 0 aromatic rings. The van der Waals surface area contributed by atoms with Gasteiger partial charge >= 0.3 is 0 Å². The summed E-state index contributed by atoms with van der Waals surface area (Å²) in [5, 5.41) is 11.5. The van der Waals surface area contributed by atoms with Gasteiger partial charge in [-0.2, -0.15) is 11.8 Å². The number of fused-ring (bicyclic) bond motifs is 1. The monoisotopic (exact) mass is 700 g/mol. The van der Waals surface area contributed by atoms with Crippen LogP contribution in [-0.2, 0) is 8.85 Å². The third-order valence-corrected chi connectivity index (χ3v) is 23.3. The lowest BCUT2D eigenvalue weighted by Crippen LogP contribution is -2.46. The van der Waals surface area contributed by atoms with Crippen LogP contribution in [0.2, 0.25) is 36.3 Å². The molecule has 0 heterocycles. The zero-order chi connectivity index (χ0) is 35.3. The molecule has 0 spiro atoms. The van der Waals surface area contributed by atoms with Crippen LogP contribution in [0, 0.1) is 11.3 Å². The minimum atomic E-state index is -1.97. The summed E-state index contributed by atoms with van der Waals surface area (Å²) in [6.07, 6.45) is 19.9. The summed E-state index contributed by atoms with van der Waals surface area (Å²) in [5.41, 5.74) is 5.59. The normalized spacial score (nSPS) is 28.7. The summed E-state index contributed by atoms with van der Waals surface area (Å²) in [6, 6.07) is 3.60. The highest BCUT2D eigenvalue weighted by atomic mass is 32.2. The van der Waals surface area contributed by atoms with Gasteiger partial charge in [0.2, 0.25) is 0 Å². The molecule has 2 saturated carbocycles. The van der Waals surface area contributed by atoms with Gasteiger partial charge in [0.05, 0.1) is 17.8 Å². The summed E-state index contributed by atoms with van der Waals surface area (Å²) < 4.78 is 13.9. The van der Waals surface area contributed by atoms with Crippen LogP contribution < -0.4 is 0 Å². The third kappa shape index (κ3) is 9.38. The van der Waals surface area contributed by atoms with Gasteiger partial charge in [0, 0.05) is 17.4 Å². The fourth-order valence-electron chi connectivity index (χ4n) is 8.20. The van der Waals surface area contributed by atoms with Crippen molar-refractivity contribution < 1.29 is 14.0 Å². The lowest BCUT2D eigenvalue weighted by atomic mass is 9.64. The van der Waals surface area contributed by atoms with Crippen molar-refractivity contribution in [3.8, 4) is 0 Å². The third-order valence-electron chi connectivity index (χ3n) is 12.9. The Labute approximate surface area is 297 Å². The van der Waals surface area contributed by atoms with Gasteiger partial charge in [0.1, 0.15) is 0 Å². The van der Waals surface area contributed by atoms with Crippen molar-refractivity contribution in [3.63, 3.8) is 0 Å². The molecular formula is C41H72O3SSi2. The maximum atomic E-state index is 10.8. The molecule has 1 N–H and O–H groups in total. The number of aliphatic hydroxyl groups is 1. The van der Waals surface area contributed by atoms with Crippen molar-refractivity contribution in [2.75, 3.05) is 5.75 Å². The quantitative estimate of drug-likeness (QED) is 0.136. The Morgan fingerprint density at radius 2 is 1.72 bits per heavy atom. The maximum absolute atomic E-state index is 10.8. The molecule has 6 heteroatoms. The number of aliphatic hydroxyl groups excluding tert-OH is 1. The molecule has 0 unspecified atom stereocenters. The Morgan fingerprint density at radius 1 is 1.09 bits per heavy atom. The summed E-state index contributed by atoms with van der Waals surface area (Å²) in [6.45, 7) is 32.5. The van der Waals surface area contributed by atoms with Gasteiger partial charge in [-0.25, -0.2) is 0 Å². The molecule has 0 aliphatic heterocycles. The molecule has 0 amide bonds. The SMILES string of the molecule is C=C1C(=CC=C2CCC[C@]3(C)C([C@H](C)SC/C=C\C(CC)(CC)O[Si](CC)(CC)CC)=CC[C@@H]23)C[C@@H](O)C[C@@H]1O[Si](C)(C)C(C)(C)C. The fourth-order valence-corrected chi connectivity index (χ4v) is 13.7. The van der Waals surface area contributed by atoms with E-state index in [4.69, 9.17) is 8.85 Å². The van der Waals surface area contributed by atoms with E-state index in [1.54, 1.807) is 11.1 Å². The number of hydrogen-bond acceptors (Lipinski definition) is 4. The van der Waals surface area contributed by atoms with Crippen LogP contribution in [0.1, 0.15) is 121 Å². The van der Waals surface area contributed by atoms with E-state index in [9.17, 15) is 5.11 Å². The van der Waals surface area contributed by atoms with Gasteiger partial charge in [-0.15, -0.1) is 0 Å². The van der Waals surface area contributed by atoms with Gasteiger partial charge < -0.3 is 14.0 Å². The molecule has 5 atom stereocenters. The zero-order valence-electron chi connectivity index (χ0n) is 32.6. The van der Waals surface area contributed by atoms with Crippen molar-refractivity contribution in [2.24, 2.45) is 11.3 Å². The van der Waals surface area contributed by atoms with E-state index in [0.29, 0.717) is 24.0 Å². The highest BCUT2D eigenvalue weighted by Gasteiger charge is 2.46. The van der Waals surface area contributed by atoms with Crippen molar-refractivity contribution in [2.45, 2.75) is 180 Å². The van der Waals surface area contributed by atoms with Crippen LogP contribution in [0.5, 0.6) is 0 Å². The molecule has 3 aliphatic rings. The Hall–Kier alpha value is -0.636. The van der Waals surface area contributed by atoms with Crippen LogP contribution in [0.25, 0.3) is 0 Å². The summed E-state index contributed by atoms with van der Waals surface area (Å²) >= 11 is 2.09. The molecule has 3 nitrogen and oxygen atoms in total. The van der Waals surface area contributed by atoms with Crippen molar-refractivity contribution in [1.82, 2.24) is 0 Å². The van der Waals surface area contributed by atoms with Crippen LogP contribution in [0.15, 0.2) is 59.3 Å². The van der Waals surface area contributed by atoms with Gasteiger partial charge in [-0.05, 0) is 111 Å². The van der Waals surface area contributed by atoms with Gasteiger partial charge in [0.25, 0.3) is 0 Å². The van der Waals surface area contributed by atoms with Gasteiger partial charge in [-0.1, -0.05) is 110 Å². The van der Waals surface area contributed by atoms with E-state index in [1.807, 2.05) is 0 Å². The van der Waals surface area contributed by atoms with Crippen LogP contribution >= 0.6 is 11.8 Å². The second-order valence-electron chi connectivity index (χ2n) is 16.6. The lowest BCUT2D eigenvalue weighted by molar-refractivity contribution is 0.0907. The van der Waals surface area contributed by atoms with E-state index in [-0.39, 0.29) is 28.3 Å². The van der Waals surface area contributed by atoms with Gasteiger partial charge in [-0.3, -0.25) is 0 Å². The summed E-state index contributed by atoms with van der Waals surface area (Å²) in [5.74, 6) is 1.60. The first-order valence-corrected chi connectivity index (χ1v) is 25.6. The van der Waals surface area contributed by atoms with Crippen molar-refractivity contribution in [3.05, 3.63) is 59.3 Å².